The van der Waals surface area contributed by atoms with Crippen LogP contribution >= 0.6 is 0 Å². The summed E-state index contributed by atoms with van der Waals surface area (Å²) in [5, 5.41) is 8.14. The fourth-order valence-electron chi connectivity index (χ4n) is 3.23. The number of rotatable bonds is 5. The first-order chi connectivity index (χ1) is 9.67. The largest absolute Gasteiger partial charge is 0.381 e. The van der Waals surface area contributed by atoms with Gasteiger partial charge in [-0.3, -0.25) is 4.79 Å². The fraction of sp³-hybridized carbons (Fsp3) is 0.800. The van der Waals surface area contributed by atoms with E-state index in [0.29, 0.717) is 19.3 Å². The lowest BCUT2D eigenvalue weighted by molar-refractivity contribution is -0.154. The predicted molar refractivity (Wildman–Crippen MR) is 74.0 cm³/mol. The second kappa shape index (κ2) is 5.17. The minimum Gasteiger partial charge on any atom is -0.381 e. The Morgan fingerprint density at radius 2 is 2.15 bits per heavy atom. The summed E-state index contributed by atoms with van der Waals surface area (Å²) in [7, 11) is 0. The van der Waals surface area contributed by atoms with E-state index in [1.807, 2.05) is 4.90 Å². The van der Waals surface area contributed by atoms with Gasteiger partial charge in [0.25, 0.3) is 0 Å². The highest BCUT2D eigenvalue weighted by molar-refractivity contribution is 5.77. The monoisotopic (exact) mass is 275 g/mol. The van der Waals surface area contributed by atoms with Gasteiger partial charge in [0.15, 0.2) is 5.66 Å². The molecule has 0 saturated carbocycles. The van der Waals surface area contributed by atoms with Crippen LogP contribution in [-0.4, -0.2) is 42.8 Å². The Hall–Kier alpha value is -1.41. The SMILES string of the molecule is C#CCCC1(CCC(=O)N2CC3(CCCOC3)C2)N=N1. The second-order valence-electron chi connectivity index (χ2n) is 6.29. The van der Waals surface area contributed by atoms with Crippen LogP contribution in [0.5, 0.6) is 0 Å². The number of carbonyl (C=O) groups is 1. The summed E-state index contributed by atoms with van der Waals surface area (Å²) in [4.78, 5) is 14.1. The van der Waals surface area contributed by atoms with E-state index in [9.17, 15) is 4.79 Å². The summed E-state index contributed by atoms with van der Waals surface area (Å²) in [5.74, 6) is 2.83. The van der Waals surface area contributed by atoms with Crippen LogP contribution in [0.3, 0.4) is 0 Å². The first-order valence-electron chi connectivity index (χ1n) is 7.40. The minimum absolute atomic E-state index is 0.221. The molecule has 3 rings (SSSR count). The Morgan fingerprint density at radius 1 is 1.35 bits per heavy atom. The Kier molecular flexibility index (Phi) is 3.51. The molecule has 0 radical (unpaired) electrons. The number of amides is 1. The molecule has 5 heteroatoms. The van der Waals surface area contributed by atoms with Crippen LogP contribution in [0, 0.1) is 17.8 Å². The van der Waals surface area contributed by atoms with Gasteiger partial charge >= 0.3 is 0 Å². The maximum atomic E-state index is 12.2. The molecule has 0 aromatic rings. The Labute approximate surface area is 119 Å². The maximum Gasteiger partial charge on any atom is 0.222 e. The Balaban J connectivity index is 1.40. The average molecular weight is 275 g/mol. The number of carbonyl (C=O) groups excluding carboxylic acids is 1. The van der Waals surface area contributed by atoms with E-state index in [-0.39, 0.29) is 17.0 Å². The highest BCUT2D eigenvalue weighted by atomic mass is 16.5. The molecule has 1 spiro atoms. The standard InChI is InChI=1S/C15H21N3O2/c1-2-3-7-15(16-17-15)8-5-13(19)18-10-14(11-18)6-4-9-20-12-14/h1H,3-12H2. The van der Waals surface area contributed by atoms with Crippen LogP contribution in [0.4, 0.5) is 0 Å². The molecule has 3 aliphatic heterocycles. The Bertz CT molecular complexity index is 446. The van der Waals surface area contributed by atoms with Gasteiger partial charge in [-0.25, -0.2) is 0 Å². The molecular weight excluding hydrogens is 254 g/mol. The van der Waals surface area contributed by atoms with Crippen molar-refractivity contribution in [1.29, 1.82) is 0 Å². The zero-order valence-electron chi connectivity index (χ0n) is 11.8. The number of likely N-dealkylation sites (tertiary alicyclic amines) is 1. The summed E-state index contributed by atoms with van der Waals surface area (Å²) in [6.07, 6.45) is 10.2. The molecule has 0 unspecified atom stereocenters. The van der Waals surface area contributed by atoms with E-state index < -0.39 is 0 Å². The lowest BCUT2D eigenvalue weighted by Crippen LogP contribution is -2.61. The predicted octanol–water partition coefficient (Wildman–Crippen LogP) is 1.98. The van der Waals surface area contributed by atoms with Gasteiger partial charge in [-0.1, -0.05) is 0 Å². The van der Waals surface area contributed by atoms with Gasteiger partial charge < -0.3 is 9.64 Å². The van der Waals surface area contributed by atoms with Crippen molar-refractivity contribution < 1.29 is 9.53 Å². The third-order valence-electron chi connectivity index (χ3n) is 4.60. The molecular formula is C15H21N3O2. The molecule has 3 heterocycles. The number of hydrogen-bond acceptors (Lipinski definition) is 4. The van der Waals surface area contributed by atoms with Gasteiger partial charge in [0, 0.05) is 50.8 Å². The zero-order valence-corrected chi connectivity index (χ0v) is 11.8. The van der Waals surface area contributed by atoms with E-state index in [1.165, 1.54) is 6.42 Å². The van der Waals surface area contributed by atoms with Gasteiger partial charge in [0.2, 0.25) is 5.91 Å². The van der Waals surface area contributed by atoms with Crippen molar-refractivity contribution in [1.82, 2.24) is 4.90 Å². The molecule has 0 aliphatic carbocycles. The zero-order chi connectivity index (χ0) is 14.1. The number of ether oxygens (including phenoxy) is 1. The first kappa shape index (κ1) is 13.6. The molecule has 0 N–H and O–H groups in total. The summed E-state index contributed by atoms with van der Waals surface area (Å²) in [6, 6.07) is 0. The van der Waals surface area contributed by atoms with Crippen LogP contribution in [0.25, 0.3) is 0 Å². The van der Waals surface area contributed by atoms with E-state index in [2.05, 4.69) is 16.1 Å². The second-order valence-corrected chi connectivity index (χ2v) is 6.29. The summed E-state index contributed by atoms with van der Waals surface area (Å²) in [5.41, 5.74) is -0.0814. The van der Waals surface area contributed by atoms with Crippen LogP contribution in [0.2, 0.25) is 0 Å². The average Bonchev–Trinajstić information content (AvgIpc) is 3.21. The molecule has 5 nitrogen and oxygen atoms in total. The van der Waals surface area contributed by atoms with Crippen LogP contribution in [0.1, 0.15) is 38.5 Å². The number of hydrogen-bond donors (Lipinski definition) is 0. The molecule has 0 aromatic carbocycles. The normalized spacial score (nSPS) is 25.1. The van der Waals surface area contributed by atoms with Crippen LogP contribution in [-0.2, 0) is 9.53 Å². The molecule has 1 amide bonds. The van der Waals surface area contributed by atoms with Crippen molar-refractivity contribution in [3.63, 3.8) is 0 Å². The van der Waals surface area contributed by atoms with Crippen molar-refractivity contribution in [3.05, 3.63) is 0 Å². The third-order valence-corrected chi connectivity index (χ3v) is 4.60. The van der Waals surface area contributed by atoms with Gasteiger partial charge in [-0.15, -0.1) is 12.3 Å². The highest BCUT2D eigenvalue weighted by Crippen LogP contribution is 2.40. The fourth-order valence-corrected chi connectivity index (χ4v) is 3.23. The molecule has 3 aliphatic rings. The van der Waals surface area contributed by atoms with Crippen LogP contribution in [0.15, 0.2) is 10.2 Å². The molecule has 108 valence electrons. The van der Waals surface area contributed by atoms with E-state index >= 15 is 0 Å². The van der Waals surface area contributed by atoms with Gasteiger partial charge in [0.1, 0.15) is 0 Å². The Morgan fingerprint density at radius 3 is 2.75 bits per heavy atom. The van der Waals surface area contributed by atoms with E-state index in [1.54, 1.807) is 0 Å². The highest BCUT2D eigenvalue weighted by Gasteiger charge is 2.47. The van der Waals surface area contributed by atoms with Crippen LogP contribution < -0.4 is 0 Å². The molecule has 20 heavy (non-hydrogen) atoms. The molecule has 2 fully saturated rings. The minimum atomic E-state index is -0.335. The molecule has 0 bridgehead atoms. The maximum absolute atomic E-state index is 12.2. The number of nitrogens with zero attached hydrogens (tertiary/aromatic N) is 3. The first-order valence-corrected chi connectivity index (χ1v) is 7.40. The summed E-state index contributed by atoms with van der Waals surface area (Å²) >= 11 is 0. The van der Waals surface area contributed by atoms with E-state index in [4.69, 9.17) is 11.2 Å². The lowest BCUT2D eigenvalue weighted by atomic mass is 9.75. The van der Waals surface area contributed by atoms with Gasteiger partial charge in [-0.05, 0) is 12.8 Å². The molecule has 0 aromatic heterocycles. The lowest BCUT2D eigenvalue weighted by Gasteiger charge is -2.52. The topological polar surface area (TPSA) is 54.3 Å². The van der Waals surface area contributed by atoms with Gasteiger partial charge in [0.05, 0.1) is 6.61 Å². The summed E-state index contributed by atoms with van der Waals surface area (Å²) < 4.78 is 5.54. The van der Waals surface area contributed by atoms with Crippen molar-refractivity contribution in [2.75, 3.05) is 26.3 Å². The third kappa shape index (κ3) is 2.71. The van der Waals surface area contributed by atoms with E-state index in [0.717, 1.165) is 39.1 Å². The smallest absolute Gasteiger partial charge is 0.222 e. The summed E-state index contributed by atoms with van der Waals surface area (Å²) in [6.45, 7) is 3.40. The van der Waals surface area contributed by atoms with Gasteiger partial charge in [-0.2, -0.15) is 10.2 Å². The van der Waals surface area contributed by atoms with Crippen molar-refractivity contribution in [3.8, 4) is 12.3 Å². The number of terminal acetylenes is 1. The van der Waals surface area contributed by atoms with Crippen molar-refractivity contribution >= 4 is 5.91 Å². The quantitative estimate of drug-likeness (QED) is 0.720. The van der Waals surface area contributed by atoms with Crippen molar-refractivity contribution in [2.45, 2.75) is 44.2 Å². The molecule has 2 saturated heterocycles. The van der Waals surface area contributed by atoms with Crippen molar-refractivity contribution in [2.24, 2.45) is 15.6 Å². The molecule has 0 atom stereocenters.